The molecule has 1 heterocycles. The number of nitrogens with zero attached hydrogens (tertiary/aromatic N) is 1. The number of hydrogen-bond donors (Lipinski definition) is 2. The molecule has 1 aromatic heterocycles. The molecular weight excluding hydrogens is 427 g/mol. The molecule has 0 aliphatic rings. The van der Waals surface area contributed by atoms with Gasteiger partial charge in [-0.05, 0) is 43.3 Å². The first-order chi connectivity index (χ1) is 13.9. The van der Waals surface area contributed by atoms with E-state index in [9.17, 15) is 5.11 Å². The van der Waals surface area contributed by atoms with Crippen LogP contribution in [0.25, 0.3) is 11.5 Å². The third-order valence-corrected chi connectivity index (χ3v) is 5.20. The van der Waals surface area contributed by atoms with Crippen LogP contribution in [0.5, 0.6) is 5.75 Å². The lowest BCUT2D eigenvalue weighted by atomic mass is 10.1. The van der Waals surface area contributed by atoms with Crippen LogP contribution < -0.4 is 14.6 Å². The number of hydrogen-bond acceptors (Lipinski definition) is 3. The number of aliphatic hydroxyl groups is 1. The van der Waals surface area contributed by atoms with E-state index in [-0.39, 0.29) is 5.76 Å². The Balaban J connectivity index is 2.09. The van der Waals surface area contributed by atoms with Crippen LogP contribution in [0.1, 0.15) is 11.1 Å². The minimum absolute atomic E-state index is 0.0282. The molecule has 2 N–H and O–H groups in total. The van der Waals surface area contributed by atoms with Crippen molar-refractivity contribution in [1.82, 2.24) is 0 Å². The molecule has 148 valence electrons. The van der Waals surface area contributed by atoms with Crippen molar-refractivity contribution in [3.8, 4) is 5.75 Å². The third-order valence-electron chi connectivity index (χ3n) is 4.17. The number of aliphatic hydroxyl groups excluding tert-OH is 1. The lowest BCUT2D eigenvalue weighted by Crippen LogP contribution is -2.38. The van der Waals surface area contributed by atoms with Crippen molar-refractivity contribution in [1.29, 1.82) is 0 Å². The molecule has 0 saturated heterocycles. The summed E-state index contributed by atoms with van der Waals surface area (Å²) in [6.07, 6.45) is 3.69. The predicted octanol–water partition coefficient (Wildman–Crippen LogP) is 5.92. The van der Waals surface area contributed by atoms with Crippen LogP contribution in [0.15, 0.2) is 67.0 Å². The molecule has 4 nitrogen and oxygen atoms in total. The van der Waals surface area contributed by atoms with Gasteiger partial charge in [0.1, 0.15) is 5.75 Å². The Bertz CT molecular complexity index is 1100. The summed E-state index contributed by atoms with van der Waals surface area (Å²) in [4.78, 5) is 0.331. The Morgan fingerprint density at radius 3 is 2.55 bits per heavy atom. The van der Waals surface area contributed by atoms with Crippen molar-refractivity contribution in [2.45, 2.75) is 6.92 Å². The highest BCUT2D eigenvalue weighted by Crippen LogP contribution is 2.27. The molecule has 0 radical (unpaired) electrons. The third kappa shape index (κ3) is 5.07. The Labute approximate surface area is 185 Å². The van der Waals surface area contributed by atoms with Gasteiger partial charge in [0.05, 0.1) is 17.2 Å². The van der Waals surface area contributed by atoms with Gasteiger partial charge in [-0.15, -0.1) is 0 Å². The summed E-state index contributed by atoms with van der Waals surface area (Å²) < 4.78 is 7.03. The van der Waals surface area contributed by atoms with E-state index in [0.717, 1.165) is 11.3 Å². The topological polar surface area (TPSA) is 45.4 Å². The smallest absolute Gasteiger partial charge is 0.288 e. The largest absolute Gasteiger partial charge is 0.502 e. The molecule has 3 rings (SSSR count). The van der Waals surface area contributed by atoms with E-state index in [1.165, 1.54) is 0 Å². The van der Waals surface area contributed by atoms with Crippen molar-refractivity contribution < 1.29 is 14.4 Å². The Hall–Kier alpha value is -2.60. The van der Waals surface area contributed by atoms with Gasteiger partial charge < -0.3 is 15.2 Å². The number of aryl methyl sites for hydroxylation is 1. The number of pyridine rings is 1. The normalized spacial score (nSPS) is 11.6. The number of rotatable bonds is 5. The second-order valence-corrected chi connectivity index (χ2v) is 7.52. The van der Waals surface area contributed by atoms with Gasteiger partial charge in [-0.25, -0.2) is 0 Å². The van der Waals surface area contributed by atoms with Gasteiger partial charge in [-0.2, -0.15) is 4.57 Å². The first-order valence-electron chi connectivity index (χ1n) is 8.71. The van der Waals surface area contributed by atoms with Gasteiger partial charge in [0.15, 0.2) is 23.1 Å². The van der Waals surface area contributed by atoms with Crippen LogP contribution in [0.3, 0.4) is 0 Å². The molecule has 3 aromatic rings. The zero-order chi connectivity index (χ0) is 21.0. The summed E-state index contributed by atoms with van der Waals surface area (Å²) in [5.74, 6) is 0.666. The minimum Gasteiger partial charge on any atom is -0.502 e. The maximum absolute atomic E-state index is 11.1. The van der Waals surface area contributed by atoms with E-state index in [2.05, 4.69) is 5.32 Å². The van der Waals surface area contributed by atoms with Crippen LogP contribution in [0, 0.1) is 6.92 Å². The second-order valence-electron chi connectivity index (χ2n) is 6.30. The second kappa shape index (κ2) is 9.27. The summed E-state index contributed by atoms with van der Waals surface area (Å²) in [5.41, 5.74) is 2.65. The minimum atomic E-state index is -0.0282. The molecule has 0 aliphatic carbocycles. The van der Waals surface area contributed by atoms with Gasteiger partial charge >= 0.3 is 0 Å². The molecule has 0 spiro atoms. The number of ether oxygens (including phenoxy) is 1. The van der Waals surface area contributed by atoms with Crippen molar-refractivity contribution in [3.05, 3.63) is 88.2 Å². The molecule has 0 bridgehead atoms. The fraction of sp³-hybridized carbons (Fsp3) is 0.0909. The number of benzene rings is 2. The van der Waals surface area contributed by atoms with Crippen LogP contribution >= 0.6 is 35.4 Å². The quantitative estimate of drug-likeness (QED) is 0.221. The Kier molecular flexibility index (Phi) is 6.75. The maximum atomic E-state index is 11.1. The van der Waals surface area contributed by atoms with Crippen molar-refractivity contribution in [2.24, 2.45) is 0 Å². The molecule has 29 heavy (non-hydrogen) atoms. The average Bonchev–Trinajstić information content (AvgIpc) is 2.70. The van der Waals surface area contributed by atoms with Crippen LogP contribution in [-0.2, 0) is 0 Å². The summed E-state index contributed by atoms with van der Waals surface area (Å²) in [6, 6.07) is 16.1. The highest BCUT2D eigenvalue weighted by atomic mass is 35.5. The standard InChI is InChI=1S/C22H18Cl2N2O2S/c1-14-5-4-10-26(13-14)20(21(27)15-8-9-18(23)19(24)11-15)22(29)25-16-6-3-7-17(12-16)28-2/h3-13H,1-2H3,(H-,25,27,29)/p+1. The molecule has 0 atom stereocenters. The molecule has 0 aliphatic heterocycles. The lowest BCUT2D eigenvalue weighted by molar-refractivity contribution is -0.576. The predicted molar refractivity (Wildman–Crippen MR) is 123 cm³/mol. The van der Waals surface area contributed by atoms with E-state index in [0.29, 0.717) is 32.0 Å². The summed E-state index contributed by atoms with van der Waals surface area (Å²) >= 11 is 17.8. The fourth-order valence-electron chi connectivity index (χ4n) is 2.75. The van der Waals surface area contributed by atoms with Gasteiger partial charge in [-0.1, -0.05) is 41.5 Å². The Morgan fingerprint density at radius 1 is 1.07 bits per heavy atom. The highest BCUT2D eigenvalue weighted by Gasteiger charge is 2.24. The monoisotopic (exact) mass is 445 g/mol. The van der Waals surface area contributed by atoms with E-state index in [4.69, 9.17) is 40.2 Å². The fourth-order valence-corrected chi connectivity index (χ4v) is 3.37. The van der Waals surface area contributed by atoms with Gasteiger partial charge in [0, 0.05) is 28.9 Å². The van der Waals surface area contributed by atoms with E-state index >= 15 is 0 Å². The molecule has 2 aromatic carbocycles. The van der Waals surface area contributed by atoms with E-state index in [1.54, 1.807) is 29.9 Å². The van der Waals surface area contributed by atoms with E-state index < -0.39 is 0 Å². The Morgan fingerprint density at radius 2 is 1.86 bits per heavy atom. The molecule has 0 amide bonds. The SMILES string of the molecule is COc1cccc(NC(=S)/C(=C(\O)c2ccc(Cl)c(Cl)c2)[n+]2cccc(C)c2)c1. The number of thiocarbonyl (C=S) groups is 1. The number of anilines is 1. The number of aromatic nitrogens is 1. The summed E-state index contributed by atoms with van der Waals surface area (Å²) in [7, 11) is 1.60. The van der Waals surface area contributed by atoms with Crippen LogP contribution in [-0.4, -0.2) is 17.2 Å². The van der Waals surface area contributed by atoms with E-state index in [1.807, 2.05) is 55.7 Å². The number of nitrogens with one attached hydrogen (secondary N) is 1. The van der Waals surface area contributed by atoms with Crippen molar-refractivity contribution in [2.75, 3.05) is 12.4 Å². The molecule has 0 saturated carbocycles. The average molecular weight is 446 g/mol. The number of methoxy groups -OCH3 is 1. The maximum Gasteiger partial charge on any atom is 0.288 e. The lowest BCUT2D eigenvalue weighted by Gasteiger charge is -2.11. The summed E-state index contributed by atoms with van der Waals surface area (Å²) in [5, 5.41) is 15.0. The number of halogens is 2. The zero-order valence-electron chi connectivity index (χ0n) is 15.8. The first kappa shape index (κ1) is 21.1. The zero-order valence-corrected chi connectivity index (χ0v) is 18.1. The van der Waals surface area contributed by atoms with Crippen LogP contribution in [0.2, 0.25) is 10.0 Å². The first-order valence-corrected chi connectivity index (χ1v) is 9.88. The molecule has 0 fully saturated rings. The van der Waals surface area contributed by atoms with Crippen LogP contribution in [0.4, 0.5) is 5.69 Å². The van der Waals surface area contributed by atoms with Crippen molar-refractivity contribution in [3.63, 3.8) is 0 Å². The molecular formula is C22H19Cl2N2O2S+. The van der Waals surface area contributed by atoms with Gasteiger partial charge in [0.25, 0.3) is 5.70 Å². The van der Waals surface area contributed by atoms with Gasteiger partial charge in [-0.3, -0.25) is 0 Å². The molecule has 7 heteroatoms. The summed E-state index contributed by atoms with van der Waals surface area (Å²) in [6.45, 7) is 1.96. The molecule has 0 unspecified atom stereocenters. The van der Waals surface area contributed by atoms with Crippen molar-refractivity contribution >= 4 is 57.6 Å². The highest BCUT2D eigenvalue weighted by molar-refractivity contribution is 7.81. The van der Waals surface area contributed by atoms with Gasteiger partial charge in [0.2, 0.25) is 0 Å².